The van der Waals surface area contributed by atoms with Crippen molar-refractivity contribution < 1.29 is 54.2 Å². The van der Waals surface area contributed by atoms with Crippen molar-refractivity contribution in [2.45, 2.75) is 94.9 Å². The van der Waals surface area contributed by atoms with Crippen LogP contribution in [0.25, 0.3) is 0 Å². The lowest BCUT2D eigenvalue weighted by Gasteiger charge is -2.19. The van der Waals surface area contributed by atoms with Crippen LogP contribution in [0.3, 0.4) is 0 Å². The number of halogens is 4. The molecule has 2 N–H and O–H groups in total. The Morgan fingerprint density at radius 1 is 0.591 bits per heavy atom. The molecule has 66 heavy (non-hydrogen) atoms. The Morgan fingerprint density at radius 3 is 1.21 bits per heavy atom. The average Bonchev–Trinajstić information content (AvgIpc) is 4.14. The van der Waals surface area contributed by atoms with Crippen LogP contribution in [0, 0.1) is 46.1 Å². The van der Waals surface area contributed by atoms with E-state index in [9.17, 15) is 45.7 Å². The Bertz CT molecular complexity index is 2610. The minimum Gasteiger partial charge on any atom is -0.457 e. The van der Waals surface area contributed by atoms with Crippen LogP contribution in [0.4, 0.5) is 8.78 Å². The maximum Gasteiger partial charge on any atom is 0.227 e. The van der Waals surface area contributed by atoms with Crippen molar-refractivity contribution in [3.05, 3.63) is 107 Å². The van der Waals surface area contributed by atoms with Gasteiger partial charge in [-0.1, -0.05) is 23.2 Å². The van der Waals surface area contributed by atoms with Gasteiger partial charge in [0.25, 0.3) is 0 Å². The molecule has 4 aliphatic carbocycles. The fraction of sp³-hybridized carbons (Fsp3) is 0.391. The molecule has 4 fully saturated rings. The number of nitrogens with zero attached hydrogens (tertiary/aromatic N) is 2. The van der Waals surface area contributed by atoms with Gasteiger partial charge in [0.05, 0.1) is 66.5 Å². The van der Waals surface area contributed by atoms with Crippen LogP contribution < -0.4 is 20.1 Å². The highest BCUT2D eigenvalue weighted by molar-refractivity contribution is 7.92. The van der Waals surface area contributed by atoms with E-state index in [2.05, 4.69) is 22.8 Å². The van der Waals surface area contributed by atoms with Gasteiger partial charge in [0.1, 0.15) is 45.7 Å². The number of sulfone groups is 2. The molecule has 0 aliphatic heterocycles. The molecule has 2 amide bonds. The molecule has 0 saturated heterocycles. The van der Waals surface area contributed by atoms with Crippen molar-refractivity contribution in [2.75, 3.05) is 14.2 Å². The van der Waals surface area contributed by atoms with Crippen LogP contribution in [0.5, 0.6) is 23.0 Å². The number of carbonyl (C=O) groups is 2. The van der Waals surface area contributed by atoms with E-state index in [4.69, 9.17) is 42.1 Å². The lowest BCUT2D eigenvalue weighted by atomic mass is 10.0. The van der Waals surface area contributed by atoms with Gasteiger partial charge in [-0.25, -0.2) is 25.6 Å². The predicted octanol–water partition coefficient (Wildman–Crippen LogP) is 8.02. The lowest BCUT2D eigenvalue weighted by Crippen LogP contribution is -2.42. The van der Waals surface area contributed by atoms with Crippen LogP contribution in [-0.4, -0.2) is 76.7 Å². The van der Waals surface area contributed by atoms with E-state index < -0.39 is 76.9 Å². The van der Waals surface area contributed by atoms with Gasteiger partial charge < -0.3 is 29.6 Å². The Kier molecular flexibility index (Phi) is 14.3. The number of methoxy groups -OCH3 is 2. The highest BCUT2D eigenvalue weighted by Gasteiger charge is 2.52. The van der Waals surface area contributed by atoms with Gasteiger partial charge in [0, 0.05) is 26.4 Å². The highest BCUT2D eigenvalue weighted by Crippen LogP contribution is 2.43. The van der Waals surface area contributed by atoms with E-state index in [-0.39, 0.29) is 57.3 Å². The van der Waals surface area contributed by atoms with Crippen LogP contribution in [0.2, 0.25) is 10.0 Å². The normalized spacial score (nSPS) is 23.5. The molecule has 0 spiro atoms. The molecular weight excluding hydrogens is 942 g/mol. The number of rotatable bonds is 14. The molecule has 4 aromatic carbocycles. The van der Waals surface area contributed by atoms with E-state index in [0.717, 1.165) is 0 Å². The van der Waals surface area contributed by atoms with E-state index in [1.54, 1.807) is 0 Å². The average molecular weight is 986 g/mol. The Balaban J connectivity index is 0.000000196. The van der Waals surface area contributed by atoms with Gasteiger partial charge in [0.15, 0.2) is 19.7 Å². The molecule has 4 saturated carbocycles. The molecule has 0 aromatic heterocycles. The number of hydrogen-bond acceptors (Lipinski definition) is 12. The number of nitriles is 2. The smallest absolute Gasteiger partial charge is 0.227 e. The zero-order valence-corrected chi connectivity index (χ0v) is 38.7. The molecule has 20 heteroatoms. The highest BCUT2D eigenvalue weighted by atomic mass is 35.5. The first kappa shape index (κ1) is 48.6. The molecule has 14 nitrogen and oxygen atoms in total. The minimum absolute atomic E-state index is 0.0158. The Labute approximate surface area is 390 Å². The minimum atomic E-state index is -3.87. The van der Waals surface area contributed by atoms with E-state index in [1.165, 1.54) is 99.1 Å². The molecule has 0 unspecified atom stereocenters. The largest absolute Gasteiger partial charge is 0.457 e. The number of nitrogens with one attached hydrogen (secondary N) is 2. The second-order valence-electron chi connectivity index (χ2n) is 16.7. The molecule has 0 heterocycles. The van der Waals surface area contributed by atoms with Gasteiger partial charge in [0.2, 0.25) is 11.8 Å². The number of amides is 2. The van der Waals surface area contributed by atoms with Crippen LogP contribution >= 0.6 is 23.2 Å². The summed E-state index contributed by atoms with van der Waals surface area (Å²) in [6.07, 6.45) is 1.59. The van der Waals surface area contributed by atoms with Gasteiger partial charge in [-0.05, 0) is 124 Å². The number of benzene rings is 4. The molecular formula is C46H44Cl2F2N4O10S2. The fourth-order valence-electron chi connectivity index (χ4n) is 8.11. The van der Waals surface area contributed by atoms with Crippen LogP contribution in [0.15, 0.2) is 94.7 Å². The van der Waals surface area contributed by atoms with E-state index in [1.807, 2.05) is 0 Å². The zero-order valence-electron chi connectivity index (χ0n) is 35.5. The molecule has 6 atom stereocenters. The maximum absolute atomic E-state index is 13.3. The van der Waals surface area contributed by atoms with Gasteiger partial charge in [-0.3, -0.25) is 9.59 Å². The molecule has 8 rings (SSSR count). The third-order valence-electron chi connectivity index (χ3n) is 12.2. The van der Waals surface area contributed by atoms with Gasteiger partial charge in [-0.2, -0.15) is 10.5 Å². The van der Waals surface area contributed by atoms with Crippen molar-refractivity contribution in [2.24, 2.45) is 11.8 Å². The third kappa shape index (κ3) is 10.8. The standard InChI is InChI=1S/2C23H22ClFN2O5S/c2*1-31-20-12-17(11-18(20)22(28)27-23(13-26)8-9-23)33(29,30)21-7-6-16(10-19(21)24)32-15-4-2-14(25)3-5-15/h2*2-7,10,17-18,20H,8-9,11-12H2,1H3,(H,27,28)/t2*17-,18-,20-/m10/s1. The topological polar surface area (TPSA) is 211 Å². The summed E-state index contributed by atoms with van der Waals surface area (Å²) in [7, 11) is -4.87. The second-order valence-corrected chi connectivity index (χ2v) is 21.9. The number of hydrogen-bond donors (Lipinski definition) is 2. The quantitative estimate of drug-likeness (QED) is 0.123. The van der Waals surface area contributed by atoms with Crippen molar-refractivity contribution in [3.63, 3.8) is 0 Å². The molecule has 348 valence electrons. The van der Waals surface area contributed by atoms with Crippen molar-refractivity contribution >= 4 is 54.7 Å². The first-order valence-corrected chi connectivity index (χ1v) is 24.7. The summed E-state index contributed by atoms with van der Waals surface area (Å²) in [5, 5.41) is 22.2. The summed E-state index contributed by atoms with van der Waals surface area (Å²) in [5.74, 6) is -1.55. The lowest BCUT2D eigenvalue weighted by molar-refractivity contribution is -0.129. The maximum atomic E-state index is 13.3. The first-order chi connectivity index (χ1) is 31.3. The monoisotopic (exact) mass is 984 g/mol. The summed E-state index contributed by atoms with van der Waals surface area (Å²) in [4.78, 5) is 25.4. The first-order valence-electron chi connectivity index (χ1n) is 20.8. The SMILES string of the molecule is CO[C@@H]1C[C@H](S(=O)(=O)c2ccc(Oc3ccc(F)cc3)cc2Cl)C[C@H]1C(=O)NC1(C#N)CC1.CO[C@H]1C[C@@H](S(=O)(=O)c2ccc(Oc3ccc(F)cc3)cc2Cl)C[C@@H]1C(=O)NC1(C#N)CC1. The van der Waals surface area contributed by atoms with E-state index in [0.29, 0.717) is 48.7 Å². The summed E-state index contributed by atoms with van der Waals surface area (Å²) in [6.45, 7) is 0. The van der Waals surface area contributed by atoms with Crippen molar-refractivity contribution in [3.8, 4) is 35.1 Å². The van der Waals surface area contributed by atoms with Gasteiger partial charge in [-0.15, -0.1) is 0 Å². The third-order valence-corrected chi connectivity index (χ3v) is 17.6. The molecule has 0 radical (unpaired) electrons. The summed E-state index contributed by atoms with van der Waals surface area (Å²) >= 11 is 12.6. The molecule has 4 aliphatic rings. The van der Waals surface area contributed by atoms with Crippen molar-refractivity contribution in [1.29, 1.82) is 10.5 Å². The summed E-state index contributed by atoms with van der Waals surface area (Å²) in [5.41, 5.74) is -1.67. The fourth-order valence-corrected chi connectivity index (χ4v) is 12.8. The molecule has 4 aromatic rings. The summed E-state index contributed by atoms with van der Waals surface area (Å²) in [6, 6.07) is 23.4. The van der Waals surface area contributed by atoms with Gasteiger partial charge >= 0.3 is 0 Å². The second kappa shape index (κ2) is 19.5. The predicted molar refractivity (Wildman–Crippen MR) is 236 cm³/mol. The summed E-state index contributed by atoms with van der Waals surface area (Å²) < 4.78 is 102. The van der Waals surface area contributed by atoms with Crippen molar-refractivity contribution in [1.82, 2.24) is 10.6 Å². The number of ether oxygens (including phenoxy) is 4. The molecule has 0 bridgehead atoms. The number of carbonyl (C=O) groups excluding carboxylic acids is 2. The van der Waals surface area contributed by atoms with Crippen LogP contribution in [0.1, 0.15) is 51.4 Å². The Hall–Kier alpha value is -5.34. The van der Waals surface area contributed by atoms with Crippen LogP contribution in [-0.2, 0) is 38.7 Å². The zero-order chi connectivity index (χ0) is 47.6. The van der Waals surface area contributed by atoms with E-state index >= 15 is 0 Å². The Morgan fingerprint density at radius 2 is 0.924 bits per heavy atom.